The molecule has 1 heterocycles. The number of likely N-dealkylation sites (tertiary alicyclic amines) is 1. The molecule has 0 aliphatic carbocycles. The van der Waals surface area contributed by atoms with Gasteiger partial charge in [-0.25, -0.2) is 9.59 Å². The van der Waals surface area contributed by atoms with Crippen LogP contribution in [0, 0.1) is 5.92 Å². The SMILES string of the molecule is C.C.CC(C)=O.CC1CC(=O)N(C)C1=O.CCNC(=O)OCC(COC(=O)NCC)OC.CNCCNC=O. The fourth-order valence-corrected chi connectivity index (χ4v) is 2.11. The molecule has 1 rings (SSSR count). The van der Waals surface area contributed by atoms with Crippen LogP contribution >= 0.6 is 0 Å². The summed E-state index contributed by atoms with van der Waals surface area (Å²) in [7, 11) is 4.81. The van der Waals surface area contributed by atoms with Crippen molar-refractivity contribution in [1.82, 2.24) is 26.2 Å². The van der Waals surface area contributed by atoms with E-state index in [2.05, 4.69) is 21.3 Å². The average molecular weight is 568 g/mol. The van der Waals surface area contributed by atoms with Gasteiger partial charge in [-0.05, 0) is 34.7 Å². The predicted octanol–water partition coefficient (Wildman–Crippen LogP) is 1.32. The van der Waals surface area contributed by atoms with Crippen molar-refractivity contribution in [2.45, 2.75) is 62.0 Å². The van der Waals surface area contributed by atoms with E-state index < -0.39 is 18.3 Å². The van der Waals surface area contributed by atoms with Gasteiger partial charge in [0, 0.05) is 52.7 Å². The maximum atomic E-state index is 11.0. The Bertz CT molecular complexity index is 652. The third-order valence-corrected chi connectivity index (χ3v) is 3.99. The molecule has 232 valence electrons. The number of carbonyl (C=O) groups excluding carboxylic acids is 6. The number of carbonyl (C=O) groups is 6. The summed E-state index contributed by atoms with van der Waals surface area (Å²) in [5, 5.41) is 10.3. The number of nitrogens with zero attached hydrogens (tertiary/aromatic N) is 1. The first kappa shape index (κ1) is 45.6. The molecule has 39 heavy (non-hydrogen) atoms. The Kier molecular flexibility index (Phi) is 36.2. The second-order valence-electron chi connectivity index (χ2n) is 7.60. The molecule has 0 aromatic rings. The summed E-state index contributed by atoms with van der Waals surface area (Å²) in [6.07, 6.45) is -0.438. The molecule has 1 saturated heterocycles. The Morgan fingerprint density at radius 2 is 1.44 bits per heavy atom. The van der Waals surface area contributed by atoms with Gasteiger partial charge in [0.15, 0.2) is 0 Å². The average Bonchev–Trinajstić information content (AvgIpc) is 3.05. The number of nitrogens with one attached hydrogen (secondary N) is 4. The minimum atomic E-state index is -0.521. The van der Waals surface area contributed by atoms with Crippen molar-refractivity contribution < 1.29 is 43.0 Å². The number of ketones is 1. The molecule has 0 spiro atoms. The lowest BCUT2D eigenvalue weighted by atomic mass is 10.1. The second kappa shape index (κ2) is 31.0. The van der Waals surface area contributed by atoms with E-state index in [1.807, 2.05) is 7.05 Å². The highest BCUT2D eigenvalue weighted by Crippen LogP contribution is 2.15. The predicted molar refractivity (Wildman–Crippen MR) is 150 cm³/mol. The van der Waals surface area contributed by atoms with Crippen LogP contribution in [0.2, 0.25) is 0 Å². The third-order valence-electron chi connectivity index (χ3n) is 3.99. The first-order valence-electron chi connectivity index (χ1n) is 11.8. The zero-order valence-corrected chi connectivity index (χ0v) is 23.3. The molecule has 4 N–H and O–H groups in total. The van der Waals surface area contributed by atoms with Crippen LogP contribution in [0.15, 0.2) is 0 Å². The number of Topliss-reactive ketones (excluding diaryl/α,β-unsaturated/α-hetero) is 1. The Hall–Kier alpha value is -3.26. The Balaban J connectivity index is -0.000000147. The molecule has 1 aliphatic heterocycles. The zero-order chi connectivity index (χ0) is 29.2. The van der Waals surface area contributed by atoms with Gasteiger partial charge >= 0.3 is 12.2 Å². The highest BCUT2D eigenvalue weighted by molar-refractivity contribution is 6.02. The number of methoxy groups -OCH3 is 1. The van der Waals surface area contributed by atoms with Crippen molar-refractivity contribution in [3.63, 3.8) is 0 Å². The molecule has 1 atom stereocenters. The number of likely N-dealkylation sites (N-methyl/N-ethyl adjacent to an activating group) is 1. The van der Waals surface area contributed by atoms with Crippen LogP contribution < -0.4 is 21.3 Å². The van der Waals surface area contributed by atoms with E-state index in [9.17, 15) is 28.8 Å². The highest BCUT2D eigenvalue weighted by Gasteiger charge is 2.32. The van der Waals surface area contributed by atoms with Crippen molar-refractivity contribution >= 4 is 36.2 Å². The number of imide groups is 1. The van der Waals surface area contributed by atoms with Crippen molar-refractivity contribution in [1.29, 1.82) is 0 Å². The standard InChI is InChI=1S/C10H20N2O5.C6H9NO2.C4H10N2O.C3H6O.2CH4/c1-4-11-9(13)16-6-8(15-3)7-17-10(14)12-5-2;1-4-3-5(8)7(2)6(4)9;1-5-2-3-6-4-7;1-3(2)4;;/h8H,4-7H2,1-3H3,(H,11,13)(H,12,14);4H,3H2,1-2H3;4-5H,2-3H2,1H3,(H,6,7);1-2H3;2*1H4. The number of rotatable bonds is 11. The number of amides is 5. The summed E-state index contributed by atoms with van der Waals surface area (Å²) >= 11 is 0. The normalized spacial score (nSPS) is 12.8. The topological polar surface area (TPSA) is 181 Å². The minimum absolute atomic E-state index is 0. The fourth-order valence-electron chi connectivity index (χ4n) is 2.11. The van der Waals surface area contributed by atoms with Crippen LogP contribution in [-0.4, -0.2) is 108 Å². The Labute approximate surface area is 234 Å². The molecule has 14 heteroatoms. The van der Waals surface area contributed by atoms with Gasteiger partial charge < -0.3 is 40.3 Å². The lowest BCUT2D eigenvalue weighted by Gasteiger charge is -2.15. The van der Waals surface area contributed by atoms with Gasteiger partial charge in [0.2, 0.25) is 18.2 Å². The maximum Gasteiger partial charge on any atom is 0.407 e. The maximum absolute atomic E-state index is 11.0. The summed E-state index contributed by atoms with van der Waals surface area (Å²) in [5.41, 5.74) is 0. The number of ether oxygens (including phenoxy) is 3. The summed E-state index contributed by atoms with van der Waals surface area (Å²) < 4.78 is 14.7. The van der Waals surface area contributed by atoms with Crippen molar-refractivity contribution in [3.8, 4) is 0 Å². The van der Waals surface area contributed by atoms with E-state index in [-0.39, 0.29) is 51.6 Å². The Morgan fingerprint density at radius 3 is 1.67 bits per heavy atom. The number of hydrogen-bond acceptors (Lipinski definition) is 10. The van der Waals surface area contributed by atoms with Gasteiger partial charge in [0.25, 0.3) is 0 Å². The lowest BCUT2D eigenvalue weighted by molar-refractivity contribution is -0.137. The van der Waals surface area contributed by atoms with E-state index in [1.54, 1.807) is 20.8 Å². The summed E-state index contributed by atoms with van der Waals surface area (Å²) in [6, 6.07) is 0. The largest absolute Gasteiger partial charge is 0.447 e. The molecule has 0 aromatic carbocycles. The summed E-state index contributed by atoms with van der Waals surface area (Å²) in [6.45, 7) is 11.0. The van der Waals surface area contributed by atoms with Gasteiger partial charge in [0.05, 0.1) is 0 Å². The third kappa shape index (κ3) is 30.9. The quantitative estimate of drug-likeness (QED) is 0.161. The van der Waals surface area contributed by atoms with Gasteiger partial charge in [0.1, 0.15) is 25.1 Å². The molecule has 14 nitrogen and oxygen atoms in total. The van der Waals surface area contributed by atoms with Crippen molar-refractivity contribution in [2.75, 3.05) is 60.6 Å². The van der Waals surface area contributed by atoms with Crippen LogP contribution in [0.25, 0.3) is 0 Å². The van der Waals surface area contributed by atoms with Crippen LogP contribution in [0.1, 0.15) is 55.9 Å². The number of alkyl carbamates (subject to hydrolysis) is 2. The van der Waals surface area contributed by atoms with E-state index in [4.69, 9.17) is 14.2 Å². The molecule has 0 bridgehead atoms. The van der Waals surface area contributed by atoms with E-state index in [1.165, 1.54) is 32.9 Å². The molecule has 1 fully saturated rings. The summed E-state index contributed by atoms with van der Waals surface area (Å²) in [5.74, 6) is -0.0463. The highest BCUT2D eigenvalue weighted by atomic mass is 16.6. The van der Waals surface area contributed by atoms with Crippen molar-refractivity contribution in [3.05, 3.63) is 0 Å². The van der Waals surface area contributed by atoms with Crippen LogP contribution in [0.3, 0.4) is 0 Å². The van der Waals surface area contributed by atoms with Gasteiger partial charge in [-0.3, -0.25) is 19.3 Å². The molecule has 0 aromatic heterocycles. The van der Waals surface area contributed by atoms with E-state index in [0.29, 0.717) is 32.5 Å². The van der Waals surface area contributed by atoms with Crippen LogP contribution in [-0.2, 0) is 33.4 Å². The molecule has 1 unspecified atom stereocenters. The van der Waals surface area contributed by atoms with Crippen LogP contribution in [0.4, 0.5) is 9.59 Å². The van der Waals surface area contributed by atoms with Crippen LogP contribution in [0.5, 0.6) is 0 Å². The fraction of sp³-hybridized carbons (Fsp3) is 0.760. The molecule has 0 saturated carbocycles. The van der Waals surface area contributed by atoms with Gasteiger partial charge in [-0.1, -0.05) is 21.8 Å². The molecule has 1 aliphatic rings. The van der Waals surface area contributed by atoms with Crippen molar-refractivity contribution in [2.24, 2.45) is 5.92 Å². The van der Waals surface area contributed by atoms with E-state index in [0.717, 1.165) is 6.54 Å². The van der Waals surface area contributed by atoms with E-state index >= 15 is 0 Å². The first-order valence-corrected chi connectivity index (χ1v) is 11.8. The minimum Gasteiger partial charge on any atom is -0.447 e. The lowest BCUT2D eigenvalue weighted by Crippen LogP contribution is -2.33. The summed E-state index contributed by atoms with van der Waals surface area (Å²) in [4.78, 5) is 63.7. The smallest absolute Gasteiger partial charge is 0.407 e. The number of hydrogen-bond donors (Lipinski definition) is 4. The zero-order valence-electron chi connectivity index (χ0n) is 23.3. The second-order valence-corrected chi connectivity index (χ2v) is 7.60. The van der Waals surface area contributed by atoms with Gasteiger partial charge in [-0.15, -0.1) is 0 Å². The molecule has 5 amide bonds. The first-order chi connectivity index (χ1) is 17.4. The molecule has 0 radical (unpaired) electrons. The molecular weight excluding hydrogens is 514 g/mol. The monoisotopic (exact) mass is 567 g/mol. The van der Waals surface area contributed by atoms with Gasteiger partial charge in [-0.2, -0.15) is 0 Å². The Morgan fingerprint density at radius 1 is 1.00 bits per heavy atom. The molecular formula is C25H53N5O9.